The largest absolute Gasteiger partial charge is 0.377 e. The van der Waals surface area contributed by atoms with Crippen LogP contribution in [0.15, 0.2) is 53.1 Å². The van der Waals surface area contributed by atoms with Crippen LogP contribution in [0.5, 0.6) is 0 Å². The summed E-state index contributed by atoms with van der Waals surface area (Å²) in [6.45, 7) is 2.29. The summed E-state index contributed by atoms with van der Waals surface area (Å²) >= 11 is 0. The Balaban J connectivity index is 1.81. The van der Waals surface area contributed by atoms with Crippen LogP contribution in [0.3, 0.4) is 0 Å². The minimum atomic E-state index is -0.179. The first kappa shape index (κ1) is 16.2. The highest BCUT2D eigenvalue weighted by atomic mass is 16.5. The topological polar surface area (TPSA) is 55.6 Å². The fourth-order valence-electron chi connectivity index (χ4n) is 2.67. The number of carbonyl (C=O) groups is 1. The molecule has 0 saturated carbocycles. The maximum absolute atomic E-state index is 12.6. The van der Waals surface area contributed by atoms with Crippen molar-refractivity contribution in [1.29, 1.82) is 0 Å². The number of benzene rings is 2. The van der Waals surface area contributed by atoms with Crippen LogP contribution >= 0.6 is 0 Å². The predicted molar refractivity (Wildman–Crippen MR) is 91.7 cm³/mol. The van der Waals surface area contributed by atoms with Gasteiger partial charge in [0, 0.05) is 20.2 Å². The van der Waals surface area contributed by atoms with Crippen molar-refractivity contribution in [2.45, 2.75) is 19.6 Å². The van der Waals surface area contributed by atoms with E-state index in [4.69, 9.17) is 9.26 Å². The standard InChI is InChI=1S/C19H20N2O3/c1-13(15-9-8-14-6-4-5-7-16(14)10-15)21(2)19(22)18-11-17(12-23-3)24-20-18/h4-11,13H,12H2,1-3H3. The van der Waals surface area contributed by atoms with Gasteiger partial charge >= 0.3 is 0 Å². The molecule has 2 aromatic carbocycles. The Bertz CT molecular complexity index is 856. The number of carbonyl (C=O) groups excluding carboxylic acids is 1. The van der Waals surface area contributed by atoms with Crippen LogP contribution in [0.1, 0.15) is 34.8 Å². The SMILES string of the molecule is COCc1cc(C(=O)N(C)C(C)c2ccc3ccccc3c2)no1. The minimum Gasteiger partial charge on any atom is -0.377 e. The molecule has 24 heavy (non-hydrogen) atoms. The Morgan fingerprint density at radius 2 is 1.96 bits per heavy atom. The highest BCUT2D eigenvalue weighted by Crippen LogP contribution is 2.24. The fraction of sp³-hybridized carbons (Fsp3) is 0.263. The molecule has 1 amide bonds. The van der Waals surface area contributed by atoms with Gasteiger partial charge in [0.2, 0.25) is 0 Å². The van der Waals surface area contributed by atoms with Gasteiger partial charge in [0.15, 0.2) is 11.5 Å². The van der Waals surface area contributed by atoms with Crippen LogP contribution < -0.4 is 0 Å². The van der Waals surface area contributed by atoms with Gasteiger partial charge in [0.05, 0.1) is 6.04 Å². The number of ether oxygens (including phenoxy) is 1. The molecule has 124 valence electrons. The van der Waals surface area contributed by atoms with Crippen molar-refractivity contribution >= 4 is 16.7 Å². The summed E-state index contributed by atoms with van der Waals surface area (Å²) in [5, 5.41) is 6.18. The molecule has 5 heteroatoms. The third-order valence-electron chi connectivity index (χ3n) is 4.22. The molecule has 1 unspecified atom stereocenters. The zero-order chi connectivity index (χ0) is 17.1. The predicted octanol–water partition coefficient (Wildman–Crippen LogP) is 3.81. The lowest BCUT2D eigenvalue weighted by atomic mass is 10.0. The second-order valence-corrected chi connectivity index (χ2v) is 5.81. The molecule has 0 fully saturated rings. The fourth-order valence-corrected chi connectivity index (χ4v) is 2.67. The van der Waals surface area contributed by atoms with Crippen molar-refractivity contribution < 1.29 is 14.1 Å². The van der Waals surface area contributed by atoms with Crippen LogP contribution in [0.4, 0.5) is 0 Å². The molecule has 1 aromatic heterocycles. The molecule has 1 atom stereocenters. The summed E-state index contributed by atoms with van der Waals surface area (Å²) in [5.41, 5.74) is 1.36. The second-order valence-electron chi connectivity index (χ2n) is 5.81. The smallest absolute Gasteiger partial charge is 0.276 e. The Morgan fingerprint density at radius 1 is 1.21 bits per heavy atom. The van der Waals surface area contributed by atoms with Gasteiger partial charge in [-0.15, -0.1) is 0 Å². The normalized spacial score (nSPS) is 12.3. The van der Waals surface area contributed by atoms with Gasteiger partial charge in [-0.1, -0.05) is 41.6 Å². The number of amides is 1. The Morgan fingerprint density at radius 3 is 2.71 bits per heavy atom. The molecule has 0 radical (unpaired) electrons. The lowest BCUT2D eigenvalue weighted by molar-refractivity contribution is 0.0731. The molecule has 3 aromatic rings. The average Bonchev–Trinajstić information content (AvgIpc) is 3.08. The van der Waals surface area contributed by atoms with E-state index in [1.165, 1.54) is 5.39 Å². The lowest BCUT2D eigenvalue weighted by Crippen LogP contribution is -2.29. The van der Waals surface area contributed by atoms with Gasteiger partial charge in [-0.05, 0) is 29.3 Å². The molecule has 5 nitrogen and oxygen atoms in total. The number of hydrogen-bond acceptors (Lipinski definition) is 4. The number of nitrogens with zero attached hydrogens (tertiary/aromatic N) is 2. The molecule has 0 saturated heterocycles. The summed E-state index contributed by atoms with van der Waals surface area (Å²) < 4.78 is 10.1. The summed E-state index contributed by atoms with van der Waals surface area (Å²) in [6, 6.07) is 16.0. The summed E-state index contributed by atoms with van der Waals surface area (Å²) in [5.74, 6) is 0.356. The number of methoxy groups -OCH3 is 1. The molecule has 3 rings (SSSR count). The van der Waals surface area contributed by atoms with E-state index >= 15 is 0 Å². The average molecular weight is 324 g/mol. The summed E-state index contributed by atoms with van der Waals surface area (Å²) in [4.78, 5) is 14.3. The van der Waals surface area contributed by atoms with Crippen LogP contribution in [-0.2, 0) is 11.3 Å². The molecular formula is C19H20N2O3. The van der Waals surface area contributed by atoms with E-state index < -0.39 is 0 Å². The van der Waals surface area contributed by atoms with E-state index in [0.717, 1.165) is 10.9 Å². The maximum Gasteiger partial charge on any atom is 0.276 e. The molecule has 0 aliphatic rings. The van der Waals surface area contributed by atoms with Gasteiger partial charge in [0.1, 0.15) is 6.61 Å². The van der Waals surface area contributed by atoms with Crippen molar-refractivity contribution in [3.63, 3.8) is 0 Å². The lowest BCUT2D eigenvalue weighted by Gasteiger charge is -2.24. The highest BCUT2D eigenvalue weighted by molar-refractivity contribution is 5.92. The monoisotopic (exact) mass is 324 g/mol. The third-order valence-corrected chi connectivity index (χ3v) is 4.22. The van der Waals surface area contributed by atoms with Gasteiger partial charge in [0.25, 0.3) is 5.91 Å². The highest BCUT2D eigenvalue weighted by Gasteiger charge is 2.22. The zero-order valence-electron chi connectivity index (χ0n) is 14.0. The number of hydrogen-bond donors (Lipinski definition) is 0. The van der Waals surface area contributed by atoms with Crippen molar-refractivity contribution in [1.82, 2.24) is 10.1 Å². The Kier molecular flexibility index (Phi) is 4.62. The van der Waals surface area contributed by atoms with Crippen LogP contribution in [0.25, 0.3) is 10.8 Å². The van der Waals surface area contributed by atoms with Gasteiger partial charge in [-0.2, -0.15) is 0 Å². The molecular weight excluding hydrogens is 304 g/mol. The van der Waals surface area contributed by atoms with E-state index in [0.29, 0.717) is 12.4 Å². The van der Waals surface area contributed by atoms with Gasteiger partial charge < -0.3 is 14.2 Å². The number of fused-ring (bicyclic) bond motifs is 1. The first-order valence-electron chi connectivity index (χ1n) is 7.80. The van der Waals surface area contributed by atoms with E-state index in [1.54, 1.807) is 25.1 Å². The molecule has 1 heterocycles. The van der Waals surface area contributed by atoms with Crippen molar-refractivity contribution in [3.8, 4) is 0 Å². The van der Waals surface area contributed by atoms with E-state index in [-0.39, 0.29) is 17.6 Å². The quantitative estimate of drug-likeness (QED) is 0.716. The Labute approximate surface area is 140 Å². The van der Waals surface area contributed by atoms with E-state index in [1.807, 2.05) is 19.1 Å². The molecule has 0 N–H and O–H groups in total. The van der Waals surface area contributed by atoms with Gasteiger partial charge in [-0.3, -0.25) is 4.79 Å². The summed E-state index contributed by atoms with van der Waals surface area (Å²) in [6.07, 6.45) is 0. The van der Waals surface area contributed by atoms with Crippen LogP contribution in [0, 0.1) is 0 Å². The molecule has 0 spiro atoms. The van der Waals surface area contributed by atoms with Gasteiger partial charge in [-0.25, -0.2) is 0 Å². The number of aromatic nitrogens is 1. The second kappa shape index (κ2) is 6.84. The van der Waals surface area contributed by atoms with Crippen molar-refractivity contribution in [2.24, 2.45) is 0 Å². The third kappa shape index (κ3) is 3.16. The van der Waals surface area contributed by atoms with E-state index in [2.05, 4.69) is 35.5 Å². The van der Waals surface area contributed by atoms with Crippen LogP contribution in [0.2, 0.25) is 0 Å². The summed E-state index contributed by atoms with van der Waals surface area (Å²) in [7, 11) is 3.34. The first-order chi connectivity index (χ1) is 11.6. The Hall–Kier alpha value is -2.66. The number of rotatable bonds is 5. The zero-order valence-corrected chi connectivity index (χ0v) is 14.0. The minimum absolute atomic E-state index is 0.0790. The molecule has 0 aliphatic carbocycles. The molecule has 0 bridgehead atoms. The van der Waals surface area contributed by atoms with E-state index in [9.17, 15) is 4.79 Å². The maximum atomic E-state index is 12.6. The van der Waals surface area contributed by atoms with Crippen molar-refractivity contribution in [2.75, 3.05) is 14.2 Å². The first-order valence-corrected chi connectivity index (χ1v) is 7.80. The van der Waals surface area contributed by atoms with Crippen LogP contribution in [-0.4, -0.2) is 30.1 Å². The van der Waals surface area contributed by atoms with Crippen molar-refractivity contribution in [3.05, 3.63) is 65.5 Å². The molecule has 0 aliphatic heterocycles.